The molecule has 4 nitrogen and oxygen atoms in total. The van der Waals surface area contributed by atoms with Crippen LogP contribution in [0.5, 0.6) is 11.5 Å². The molecule has 0 aliphatic rings. The van der Waals surface area contributed by atoms with Crippen molar-refractivity contribution >= 4 is 5.91 Å². The molecule has 0 unspecified atom stereocenters. The van der Waals surface area contributed by atoms with Crippen LogP contribution in [0.2, 0.25) is 0 Å². The highest BCUT2D eigenvalue weighted by Gasteiger charge is 2.06. The maximum Gasteiger partial charge on any atom is 0.251 e. The summed E-state index contributed by atoms with van der Waals surface area (Å²) in [6, 6.07) is 13.1. The number of hydrogen-bond donors (Lipinski definition) is 1. The Kier molecular flexibility index (Phi) is 6.03. The average Bonchev–Trinajstić information content (AvgIpc) is 2.56. The molecular formula is C19H23NO3. The normalized spacial score (nSPS) is 10.2. The van der Waals surface area contributed by atoms with Gasteiger partial charge < -0.3 is 14.8 Å². The Morgan fingerprint density at radius 3 is 2.48 bits per heavy atom. The summed E-state index contributed by atoms with van der Waals surface area (Å²) >= 11 is 0. The Bertz CT molecular complexity index is 650. The molecule has 0 fully saturated rings. The van der Waals surface area contributed by atoms with Crippen LogP contribution in [0.25, 0.3) is 0 Å². The first-order chi connectivity index (χ1) is 11.1. The summed E-state index contributed by atoms with van der Waals surface area (Å²) in [5, 5.41) is 2.85. The van der Waals surface area contributed by atoms with Crippen LogP contribution in [0.1, 0.15) is 28.4 Å². The number of benzene rings is 2. The van der Waals surface area contributed by atoms with Gasteiger partial charge in [-0.1, -0.05) is 12.1 Å². The molecule has 4 heteroatoms. The first kappa shape index (κ1) is 16.9. The number of rotatable bonds is 7. The standard InChI is InChI=1S/C19H23NO3/c1-4-22-17-10-8-16(9-11-17)19(21)20-12-13-23-18-7-5-6-14(2)15(18)3/h5-11H,4,12-13H2,1-3H3,(H,20,21). The van der Waals surface area contributed by atoms with Crippen LogP contribution in [0.3, 0.4) is 0 Å². The zero-order chi connectivity index (χ0) is 16.7. The number of nitrogens with one attached hydrogen (secondary N) is 1. The summed E-state index contributed by atoms with van der Waals surface area (Å²) in [7, 11) is 0. The summed E-state index contributed by atoms with van der Waals surface area (Å²) in [6.07, 6.45) is 0. The molecule has 0 bridgehead atoms. The molecule has 0 aliphatic heterocycles. The number of aryl methyl sites for hydroxylation is 1. The van der Waals surface area contributed by atoms with Crippen molar-refractivity contribution in [2.75, 3.05) is 19.8 Å². The zero-order valence-electron chi connectivity index (χ0n) is 13.9. The molecule has 0 aromatic heterocycles. The minimum absolute atomic E-state index is 0.113. The largest absolute Gasteiger partial charge is 0.494 e. The lowest BCUT2D eigenvalue weighted by Gasteiger charge is -2.11. The van der Waals surface area contributed by atoms with Crippen molar-refractivity contribution in [1.82, 2.24) is 5.32 Å². The molecule has 0 saturated carbocycles. The van der Waals surface area contributed by atoms with Crippen LogP contribution < -0.4 is 14.8 Å². The van der Waals surface area contributed by atoms with Crippen LogP contribution in [-0.4, -0.2) is 25.7 Å². The molecule has 1 N–H and O–H groups in total. The maximum absolute atomic E-state index is 12.0. The molecule has 122 valence electrons. The van der Waals surface area contributed by atoms with E-state index in [2.05, 4.69) is 18.3 Å². The molecule has 0 atom stereocenters. The van der Waals surface area contributed by atoms with Gasteiger partial charge in [0.05, 0.1) is 13.2 Å². The van der Waals surface area contributed by atoms with E-state index in [9.17, 15) is 4.79 Å². The minimum Gasteiger partial charge on any atom is -0.494 e. The fourth-order valence-electron chi connectivity index (χ4n) is 2.18. The SMILES string of the molecule is CCOc1ccc(C(=O)NCCOc2cccc(C)c2C)cc1. The molecule has 2 aromatic rings. The first-order valence-electron chi connectivity index (χ1n) is 7.82. The third-order valence-electron chi connectivity index (χ3n) is 3.63. The Morgan fingerprint density at radius 2 is 1.78 bits per heavy atom. The lowest BCUT2D eigenvalue weighted by Crippen LogP contribution is -2.28. The van der Waals surface area contributed by atoms with Gasteiger partial charge in [0.2, 0.25) is 0 Å². The highest BCUT2D eigenvalue weighted by Crippen LogP contribution is 2.20. The molecule has 0 heterocycles. The van der Waals surface area contributed by atoms with E-state index in [0.29, 0.717) is 25.3 Å². The van der Waals surface area contributed by atoms with Crippen molar-refractivity contribution < 1.29 is 14.3 Å². The fourth-order valence-corrected chi connectivity index (χ4v) is 2.18. The number of hydrogen-bond acceptors (Lipinski definition) is 3. The lowest BCUT2D eigenvalue weighted by molar-refractivity contribution is 0.0947. The third-order valence-corrected chi connectivity index (χ3v) is 3.63. The predicted octanol–water partition coefficient (Wildman–Crippen LogP) is 3.51. The van der Waals surface area contributed by atoms with E-state index in [1.54, 1.807) is 24.3 Å². The van der Waals surface area contributed by atoms with Crippen molar-refractivity contribution in [3.8, 4) is 11.5 Å². The summed E-state index contributed by atoms with van der Waals surface area (Å²) < 4.78 is 11.1. The van der Waals surface area contributed by atoms with Gasteiger partial charge in [0, 0.05) is 5.56 Å². The van der Waals surface area contributed by atoms with Gasteiger partial charge >= 0.3 is 0 Å². The Balaban J connectivity index is 1.79. The molecule has 23 heavy (non-hydrogen) atoms. The van der Waals surface area contributed by atoms with E-state index in [1.807, 2.05) is 26.0 Å². The third kappa shape index (κ3) is 4.74. The minimum atomic E-state index is -0.113. The van der Waals surface area contributed by atoms with Crippen LogP contribution >= 0.6 is 0 Å². The van der Waals surface area contributed by atoms with E-state index in [-0.39, 0.29) is 5.91 Å². The number of carbonyl (C=O) groups is 1. The Labute approximate surface area is 137 Å². The van der Waals surface area contributed by atoms with Crippen molar-refractivity contribution in [1.29, 1.82) is 0 Å². The summed E-state index contributed by atoms with van der Waals surface area (Å²) in [6.45, 7) is 7.52. The van der Waals surface area contributed by atoms with Gasteiger partial charge in [-0.3, -0.25) is 4.79 Å². The summed E-state index contributed by atoms with van der Waals surface area (Å²) in [5.41, 5.74) is 2.94. The highest BCUT2D eigenvalue weighted by atomic mass is 16.5. The van der Waals surface area contributed by atoms with Crippen molar-refractivity contribution in [3.63, 3.8) is 0 Å². The van der Waals surface area contributed by atoms with Gasteiger partial charge in [-0.25, -0.2) is 0 Å². The van der Waals surface area contributed by atoms with E-state index in [1.165, 1.54) is 5.56 Å². The van der Waals surface area contributed by atoms with Crippen LogP contribution in [0, 0.1) is 13.8 Å². The van der Waals surface area contributed by atoms with E-state index < -0.39 is 0 Å². The van der Waals surface area contributed by atoms with Gasteiger partial charge in [-0.15, -0.1) is 0 Å². The zero-order valence-corrected chi connectivity index (χ0v) is 13.9. The molecule has 2 rings (SSSR count). The van der Waals surface area contributed by atoms with Crippen LogP contribution in [0.15, 0.2) is 42.5 Å². The van der Waals surface area contributed by atoms with Crippen LogP contribution in [0.4, 0.5) is 0 Å². The number of ether oxygens (including phenoxy) is 2. The van der Waals surface area contributed by atoms with Gasteiger partial charge in [-0.2, -0.15) is 0 Å². The molecule has 1 amide bonds. The van der Waals surface area contributed by atoms with E-state index in [0.717, 1.165) is 17.1 Å². The highest BCUT2D eigenvalue weighted by molar-refractivity contribution is 5.94. The number of amides is 1. The molecule has 0 aliphatic carbocycles. The summed E-state index contributed by atoms with van der Waals surface area (Å²) in [4.78, 5) is 12.0. The van der Waals surface area contributed by atoms with Gasteiger partial charge in [-0.05, 0) is 62.2 Å². The quantitative estimate of drug-likeness (QED) is 0.796. The maximum atomic E-state index is 12.0. The second kappa shape index (κ2) is 8.22. The van der Waals surface area contributed by atoms with E-state index >= 15 is 0 Å². The molecule has 0 saturated heterocycles. The monoisotopic (exact) mass is 313 g/mol. The number of carbonyl (C=O) groups excluding carboxylic acids is 1. The second-order valence-electron chi connectivity index (χ2n) is 5.26. The van der Waals surface area contributed by atoms with Crippen LogP contribution in [-0.2, 0) is 0 Å². The van der Waals surface area contributed by atoms with Crippen molar-refractivity contribution in [3.05, 3.63) is 59.2 Å². The van der Waals surface area contributed by atoms with Crippen molar-refractivity contribution in [2.45, 2.75) is 20.8 Å². The van der Waals surface area contributed by atoms with Gasteiger partial charge in [0.25, 0.3) is 5.91 Å². The Hall–Kier alpha value is -2.49. The molecular weight excluding hydrogens is 290 g/mol. The first-order valence-corrected chi connectivity index (χ1v) is 7.82. The predicted molar refractivity (Wildman–Crippen MR) is 91.4 cm³/mol. The van der Waals surface area contributed by atoms with Gasteiger partial charge in [0.1, 0.15) is 18.1 Å². The van der Waals surface area contributed by atoms with Crippen molar-refractivity contribution in [2.24, 2.45) is 0 Å². The molecule has 2 aromatic carbocycles. The molecule has 0 spiro atoms. The molecule has 0 radical (unpaired) electrons. The fraction of sp³-hybridized carbons (Fsp3) is 0.316. The van der Waals surface area contributed by atoms with Gasteiger partial charge in [0.15, 0.2) is 0 Å². The summed E-state index contributed by atoms with van der Waals surface area (Å²) in [5.74, 6) is 1.51. The average molecular weight is 313 g/mol. The smallest absolute Gasteiger partial charge is 0.251 e. The second-order valence-corrected chi connectivity index (χ2v) is 5.26. The van der Waals surface area contributed by atoms with E-state index in [4.69, 9.17) is 9.47 Å². The Morgan fingerprint density at radius 1 is 1.04 bits per heavy atom. The lowest BCUT2D eigenvalue weighted by atomic mass is 10.1. The topological polar surface area (TPSA) is 47.6 Å².